The quantitative estimate of drug-likeness (QED) is 0.350. The van der Waals surface area contributed by atoms with Crippen LogP contribution in [0, 0.1) is 11.6 Å². The molecular formula is C29H40F2N4O3. The predicted octanol–water partition coefficient (Wildman–Crippen LogP) is 2.65. The lowest BCUT2D eigenvalue weighted by atomic mass is 10.0. The lowest BCUT2D eigenvalue weighted by Crippen LogP contribution is -2.55. The van der Waals surface area contributed by atoms with Gasteiger partial charge in [-0.1, -0.05) is 44.5 Å². The second-order valence-electron chi connectivity index (χ2n) is 9.97. The van der Waals surface area contributed by atoms with Crippen molar-refractivity contribution in [3.8, 4) is 0 Å². The van der Waals surface area contributed by atoms with Gasteiger partial charge in [0.05, 0.1) is 25.2 Å². The average molecular weight is 531 g/mol. The van der Waals surface area contributed by atoms with E-state index in [1.54, 1.807) is 4.90 Å². The lowest BCUT2D eigenvalue weighted by molar-refractivity contribution is -0.137. The Bertz CT molecular complexity index is 1050. The summed E-state index contributed by atoms with van der Waals surface area (Å²) < 4.78 is 27.6. The Balaban J connectivity index is 1.60. The minimum absolute atomic E-state index is 0.000614. The Morgan fingerprint density at radius 3 is 2.47 bits per heavy atom. The third-order valence-corrected chi connectivity index (χ3v) is 6.82. The van der Waals surface area contributed by atoms with Crippen molar-refractivity contribution < 1.29 is 23.5 Å². The molecule has 7 nitrogen and oxygen atoms in total. The number of aliphatic hydroxyl groups is 1. The molecule has 0 aliphatic carbocycles. The molecular weight excluding hydrogens is 490 g/mol. The maximum absolute atomic E-state index is 13.8. The van der Waals surface area contributed by atoms with Gasteiger partial charge in [-0.05, 0) is 48.1 Å². The van der Waals surface area contributed by atoms with Crippen LogP contribution < -0.4 is 10.6 Å². The molecule has 1 saturated heterocycles. The summed E-state index contributed by atoms with van der Waals surface area (Å²) in [5, 5.41) is 17.0. The number of unbranched alkanes of at least 4 members (excludes halogenated alkanes) is 1. The van der Waals surface area contributed by atoms with Crippen molar-refractivity contribution in [2.75, 3.05) is 39.3 Å². The van der Waals surface area contributed by atoms with Crippen molar-refractivity contribution in [2.24, 2.45) is 0 Å². The van der Waals surface area contributed by atoms with Crippen LogP contribution in [0.15, 0.2) is 42.5 Å². The Labute approximate surface area is 224 Å². The van der Waals surface area contributed by atoms with E-state index in [0.717, 1.165) is 37.4 Å². The molecule has 208 valence electrons. The molecule has 2 amide bonds. The third kappa shape index (κ3) is 9.45. The number of nitrogens with zero attached hydrogens (tertiary/aromatic N) is 2. The van der Waals surface area contributed by atoms with Crippen LogP contribution in [0.4, 0.5) is 8.78 Å². The number of rotatable bonds is 14. The standard InChI is InChI=1S/C29H40F2N4O3/c1-3-5-9-35-11-10-34(20-29(35)38)19-28(37)33-26(15-23-13-24(30)16-25(31)14-23)27(36)18-32-17-22-8-6-7-21(4-2)12-22/h6-8,12-14,16,26-27,32,36H,3-5,9-11,15,17-20H2,1-2H3,(H,33,37)/t26-,27-/m0/s1. The van der Waals surface area contributed by atoms with E-state index >= 15 is 0 Å². The van der Waals surface area contributed by atoms with E-state index in [0.29, 0.717) is 25.2 Å². The first kappa shape index (κ1) is 29.7. The van der Waals surface area contributed by atoms with E-state index in [-0.39, 0.29) is 37.9 Å². The van der Waals surface area contributed by atoms with Crippen molar-refractivity contribution >= 4 is 11.8 Å². The van der Waals surface area contributed by atoms with Gasteiger partial charge >= 0.3 is 0 Å². The second kappa shape index (κ2) is 14.9. The van der Waals surface area contributed by atoms with E-state index < -0.39 is 23.8 Å². The van der Waals surface area contributed by atoms with Crippen LogP contribution in [-0.2, 0) is 29.0 Å². The van der Waals surface area contributed by atoms with Crippen molar-refractivity contribution in [2.45, 2.75) is 58.2 Å². The molecule has 3 rings (SSSR count). The zero-order valence-electron chi connectivity index (χ0n) is 22.4. The fourth-order valence-electron chi connectivity index (χ4n) is 4.67. The molecule has 0 aromatic heterocycles. The van der Waals surface area contributed by atoms with Crippen molar-refractivity contribution in [1.29, 1.82) is 0 Å². The van der Waals surface area contributed by atoms with Gasteiger partial charge in [0.15, 0.2) is 0 Å². The smallest absolute Gasteiger partial charge is 0.236 e. The first-order valence-corrected chi connectivity index (χ1v) is 13.5. The van der Waals surface area contributed by atoms with E-state index in [4.69, 9.17) is 0 Å². The summed E-state index contributed by atoms with van der Waals surface area (Å²) in [4.78, 5) is 29.0. The molecule has 2 aromatic rings. The third-order valence-electron chi connectivity index (χ3n) is 6.82. The Hall–Kier alpha value is -2.88. The number of nitrogens with one attached hydrogen (secondary N) is 2. The Kier molecular flexibility index (Phi) is 11.6. The number of benzene rings is 2. The van der Waals surface area contributed by atoms with Crippen molar-refractivity contribution in [3.63, 3.8) is 0 Å². The molecule has 1 fully saturated rings. The fraction of sp³-hybridized carbons (Fsp3) is 0.517. The van der Waals surface area contributed by atoms with Crippen LogP contribution in [0.25, 0.3) is 0 Å². The minimum atomic E-state index is -1.01. The Morgan fingerprint density at radius 1 is 1.05 bits per heavy atom. The van der Waals surface area contributed by atoms with Gasteiger partial charge in [0.1, 0.15) is 11.6 Å². The summed E-state index contributed by atoms with van der Waals surface area (Å²) in [5.41, 5.74) is 2.63. The molecule has 0 unspecified atom stereocenters. The maximum atomic E-state index is 13.8. The summed E-state index contributed by atoms with van der Waals surface area (Å²) in [6.07, 6.45) is 1.93. The highest BCUT2D eigenvalue weighted by atomic mass is 19.1. The van der Waals surface area contributed by atoms with Crippen LogP contribution in [0.5, 0.6) is 0 Å². The van der Waals surface area contributed by atoms with Gasteiger partial charge in [-0.15, -0.1) is 0 Å². The largest absolute Gasteiger partial charge is 0.390 e. The number of carbonyl (C=O) groups excluding carboxylic acids is 2. The average Bonchev–Trinajstić information content (AvgIpc) is 2.87. The van der Waals surface area contributed by atoms with E-state index in [1.807, 2.05) is 17.0 Å². The van der Waals surface area contributed by atoms with E-state index in [9.17, 15) is 23.5 Å². The molecule has 2 aromatic carbocycles. The summed E-state index contributed by atoms with van der Waals surface area (Å²) in [6, 6.07) is 10.5. The predicted molar refractivity (Wildman–Crippen MR) is 143 cm³/mol. The van der Waals surface area contributed by atoms with Crippen LogP contribution in [0.2, 0.25) is 0 Å². The van der Waals surface area contributed by atoms with Crippen LogP contribution in [0.1, 0.15) is 43.4 Å². The molecule has 1 aliphatic rings. The van der Waals surface area contributed by atoms with Crippen molar-refractivity contribution in [1.82, 2.24) is 20.4 Å². The topological polar surface area (TPSA) is 84.9 Å². The van der Waals surface area contributed by atoms with Gasteiger partial charge in [-0.2, -0.15) is 0 Å². The molecule has 38 heavy (non-hydrogen) atoms. The van der Waals surface area contributed by atoms with Crippen LogP contribution in [-0.4, -0.2) is 78.1 Å². The monoisotopic (exact) mass is 530 g/mol. The zero-order valence-corrected chi connectivity index (χ0v) is 22.4. The summed E-state index contributed by atoms with van der Waals surface area (Å²) >= 11 is 0. The zero-order chi connectivity index (χ0) is 27.5. The number of amides is 2. The molecule has 0 spiro atoms. The molecule has 1 aliphatic heterocycles. The van der Waals surface area contributed by atoms with Crippen LogP contribution in [0.3, 0.4) is 0 Å². The van der Waals surface area contributed by atoms with E-state index in [1.165, 1.54) is 17.7 Å². The lowest BCUT2D eigenvalue weighted by Gasteiger charge is -2.34. The number of hydrogen-bond donors (Lipinski definition) is 3. The van der Waals surface area contributed by atoms with Gasteiger partial charge in [0.25, 0.3) is 0 Å². The summed E-state index contributed by atoms with van der Waals surface area (Å²) in [7, 11) is 0. The number of halogens is 2. The van der Waals surface area contributed by atoms with E-state index in [2.05, 4.69) is 36.6 Å². The van der Waals surface area contributed by atoms with Gasteiger partial charge in [-0.3, -0.25) is 14.5 Å². The number of aryl methyl sites for hydroxylation is 1. The first-order valence-electron chi connectivity index (χ1n) is 13.5. The molecule has 9 heteroatoms. The summed E-state index contributed by atoms with van der Waals surface area (Å²) in [6.45, 7) is 6.92. The number of carbonyl (C=O) groups is 2. The number of hydrogen-bond acceptors (Lipinski definition) is 5. The normalized spacial score (nSPS) is 15.9. The molecule has 0 saturated carbocycles. The highest BCUT2D eigenvalue weighted by molar-refractivity contribution is 5.82. The first-order chi connectivity index (χ1) is 18.3. The van der Waals surface area contributed by atoms with Crippen molar-refractivity contribution in [3.05, 3.63) is 70.8 Å². The van der Waals surface area contributed by atoms with Gasteiger partial charge in [0, 0.05) is 38.8 Å². The molecule has 0 radical (unpaired) electrons. The SMILES string of the molecule is CCCCN1CCN(CC(=O)N[C@@H](Cc2cc(F)cc(F)c2)[C@@H](O)CNCc2cccc(CC)c2)CC1=O. The van der Waals surface area contributed by atoms with Gasteiger partial charge < -0.3 is 20.6 Å². The van der Waals surface area contributed by atoms with Crippen LogP contribution >= 0.6 is 0 Å². The second-order valence-corrected chi connectivity index (χ2v) is 9.97. The highest BCUT2D eigenvalue weighted by Crippen LogP contribution is 2.13. The molecule has 0 bridgehead atoms. The molecule has 3 N–H and O–H groups in total. The van der Waals surface area contributed by atoms with Gasteiger partial charge in [0.2, 0.25) is 11.8 Å². The maximum Gasteiger partial charge on any atom is 0.236 e. The molecule has 2 atom stereocenters. The Morgan fingerprint density at radius 2 is 1.79 bits per heavy atom. The van der Waals surface area contributed by atoms with Gasteiger partial charge in [-0.25, -0.2) is 8.78 Å². The number of aliphatic hydroxyl groups excluding tert-OH is 1. The fourth-order valence-corrected chi connectivity index (χ4v) is 4.67. The highest BCUT2D eigenvalue weighted by Gasteiger charge is 2.27. The molecule has 1 heterocycles. The summed E-state index contributed by atoms with van der Waals surface area (Å²) in [5.74, 6) is -1.78. The minimum Gasteiger partial charge on any atom is -0.390 e. The number of piperazine rings is 1.